The van der Waals surface area contributed by atoms with Gasteiger partial charge in [0.15, 0.2) is 0 Å². The van der Waals surface area contributed by atoms with Crippen LogP contribution in [0.2, 0.25) is 0 Å². The fourth-order valence-electron chi connectivity index (χ4n) is 4.60. The topological polar surface area (TPSA) is 40.5 Å². The Bertz CT molecular complexity index is 408. The minimum atomic E-state index is -3.42. The predicted molar refractivity (Wildman–Crippen MR) is 84.3 cm³/mol. The third-order valence-electron chi connectivity index (χ3n) is 5.39. The molecule has 0 aromatic carbocycles. The minimum Gasteiger partial charge on any atom is -0.301 e. The summed E-state index contributed by atoms with van der Waals surface area (Å²) in [6, 6.07) is 0.355. The van der Waals surface area contributed by atoms with Gasteiger partial charge in [0.2, 0.25) is 0 Å². The van der Waals surface area contributed by atoms with E-state index in [9.17, 15) is 8.76 Å². The molecule has 2 aliphatic carbocycles. The molecule has 4 unspecified atom stereocenters. The summed E-state index contributed by atoms with van der Waals surface area (Å²) in [4.78, 5) is 0. The van der Waals surface area contributed by atoms with Gasteiger partial charge in [0.25, 0.3) is 0 Å². The molecular formula is C13H24INO2S. The Morgan fingerprint density at radius 1 is 1.17 bits per heavy atom. The van der Waals surface area contributed by atoms with Crippen LogP contribution in [0.1, 0.15) is 44.9 Å². The molecular weight excluding hydrogens is 361 g/mol. The number of halogens is 1. The lowest BCUT2D eigenvalue weighted by Crippen LogP contribution is -2.46. The first-order chi connectivity index (χ1) is 8.37. The third-order valence-corrected chi connectivity index (χ3v) is 9.81. The molecule has 0 radical (unpaired) electrons. The standard InChI is InChI=1S/C13H24INO2S/c1-18(16,17)9-15(14)13-11-7-3-2-5-10(11)6-4-8-12(13)18/h10-13H,2-9H2,1H3,(H,16,17). The monoisotopic (exact) mass is 385 g/mol. The smallest absolute Gasteiger partial charge is 0.0949 e. The molecule has 0 aromatic heterocycles. The first-order valence-electron chi connectivity index (χ1n) is 7.16. The Balaban J connectivity index is 1.96. The molecule has 1 saturated heterocycles. The molecule has 4 atom stereocenters. The average Bonchev–Trinajstić information content (AvgIpc) is 2.43. The van der Waals surface area contributed by atoms with Crippen LogP contribution in [0.3, 0.4) is 0 Å². The largest absolute Gasteiger partial charge is 0.301 e. The molecule has 3 aliphatic rings. The summed E-state index contributed by atoms with van der Waals surface area (Å²) in [6.45, 7) is 0. The van der Waals surface area contributed by atoms with E-state index in [2.05, 4.69) is 26.0 Å². The van der Waals surface area contributed by atoms with Crippen molar-refractivity contribution in [3.8, 4) is 0 Å². The van der Waals surface area contributed by atoms with Gasteiger partial charge >= 0.3 is 0 Å². The van der Waals surface area contributed by atoms with Crippen molar-refractivity contribution in [1.29, 1.82) is 0 Å². The van der Waals surface area contributed by atoms with Crippen molar-refractivity contribution in [3.63, 3.8) is 0 Å². The molecule has 0 bridgehead atoms. The molecule has 1 heterocycles. The molecule has 0 spiro atoms. The summed E-state index contributed by atoms with van der Waals surface area (Å²) in [7, 11) is -3.42. The van der Waals surface area contributed by atoms with Gasteiger partial charge in [-0.1, -0.05) is 32.1 Å². The summed E-state index contributed by atoms with van der Waals surface area (Å²) in [6.07, 6.45) is 10.3. The second-order valence-corrected chi connectivity index (χ2v) is 12.0. The van der Waals surface area contributed by atoms with E-state index in [1.807, 2.05) is 0 Å². The summed E-state index contributed by atoms with van der Waals surface area (Å²) in [5.41, 5.74) is 0. The van der Waals surface area contributed by atoms with Crippen molar-refractivity contribution in [3.05, 3.63) is 0 Å². The van der Waals surface area contributed by atoms with Crippen molar-refractivity contribution < 1.29 is 8.76 Å². The first-order valence-corrected chi connectivity index (χ1v) is 10.7. The highest BCUT2D eigenvalue weighted by molar-refractivity contribution is 14.1. The van der Waals surface area contributed by atoms with Crippen molar-refractivity contribution in [1.82, 2.24) is 3.11 Å². The van der Waals surface area contributed by atoms with Gasteiger partial charge in [0, 0.05) is 35.2 Å². The SMILES string of the molecule is CS1(=O)(O)CN(I)C2C3CCCCC3CCCC21. The number of nitrogens with zero attached hydrogens (tertiary/aromatic N) is 1. The predicted octanol–water partition coefficient (Wildman–Crippen LogP) is 3.26. The van der Waals surface area contributed by atoms with Crippen LogP contribution in [-0.2, 0) is 9.35 Å². The van der Waals surface area contributed by atoms with Crippen LogP contribution in [0.15, 0.2) is 0 Å². The van der Waals surface area contributed by atoms with E-state index in [1.54, 1.807) is 6.26 Å². The summed E-state index contributed by atoms with van der Waals surface area (Å²) in [5, 5.41) is 0.0204. The zero-order valence-electron chi connectivity index (χ0n) is 11.1. The van der Waals surface area contributed by atoms with E-state index >= 15 is 0 Å². The molecule has 5 heteroatoms. The van der Waals surface area contributed by atoms with Gasteiger partial charge < -0.3 is 4.55 Å². The molecule has 1 N–H and O–H groups in total. The van der Waals surface area contributed by atoms with E-state index in [0.29, 0.717) is 17.8 Å². The second-order valence-electron chi connectivity index (χ2n) is 6.76. The minimum absolute atomic E-state index is 0.0204. The fraction of sp³-hybridized carbons (Fsp3) is 1.00. The van der Waals surface area contributed by atoms with Gasteiger partial charge in [0.1, 0.15) is 0 Å². The Hall–Kier alpha value is 0.800. The molecule has 0 aromatic rings. The molecule has 0 amide bonds. The molecule has 18 heavy (non-hydrogen) atoms. The number of hydrogen-bond donors (Lipinski definition) is 1. The third kappa shape index (κ3) is 2.19. The van der Waals surface area contributed by atoms with Crippen molar-refractivity contribution in [2.45, 2.75) is 56.2 Å². The quantitative estimate of drug-likeness (QED) is 0.514. The maximum Gasteiger partial charge on any atom is 0.0949 e. The fourth-order valence-corrected chi connectivity index (χ4v) is 10.5. The molecule has 1 aliphatic heterocycles. The van der Waals surface area contributed by atoms with E-state index in [1.165, 1.54) is 32.1 Å². The lowest BCUT2D eigenvalue weighted by molar-refractivity contribution is 0.166. The normalized spacial score (nSPS) is 49.4. The van der Waals surface area contributed by atoms with Crippen LogP contribution in [0.5, 0.6) is 0 Å². The summed E-state index contributed by atoms with van der Waals surface area (Å²) >= 11 is 2.31. The average molecular weight is 385 g/mol. The Morgan fingerprint density at radius 2 is 1.83 bits per heavy atom. The van der Waals surface area contributed by atoms with E-state index < -0.39 is 9.35 Å². The molecule has 106 valence electrons. The lowest BCUT2D eigenvalue weighted by Gasteiger charge is -2.42. The Kier molecular flexibility index (Phi) is 3.36. The molecule has 2 saturated carbocycles. The van der Waals surface area contributed by atoms with Crippen molar-refractivity contribution in [2.75, 3.05) is 12.1 Å². The summed E-state index contributed by atoms with van der Waals surface area (Å²) < 4.78 is 25.7. The van der Waals surface area contributed by atoms with Gasteiger partial charge in [-0.2, -0.15) is 9.35 Å². The highest BCUT2D eigenvalue weighted by atomic mass is 127. The highest BCUT2D eigenvalue weighted by Crippen LogP contribution is 2.51. The Labute approximate surface area is 124 Å². The number of rotatable bonds is 0. The zero-order valence-corrected chi connectivity index (χ0v) is 14.0. The Morgan fingerprint density at radius 3 is 2.61 bits per heavy atom. The number of fused-ring (bicyclic) bond motifs is 3. The maximum atomic E-state index is 12.9. The van der Waals surface area contributed by atoms with Crippen molar-refractivity contribution in [2.24, 2.45) is 11.8 Å². The van der Waals surface area contributed by atoms with Crippen LogP contribution in [0, 0.1) is 11.8 Å². The molecule has 3 rings (SSSR count). The van der Waals surface area contributed by atoms with Gasteiger partial charge in [-0.25, -0.2) is 7.32 Å². The van der Waals surface area contributed by atoms with Crippen LogP contribution < -0.4 is 0 Å². The molecule has 3 nitrogen and oxygen atoms in total. The van der Waals surface area contributed by atoms with Crippen LogP contribution in [-0.4, -0.2) is 35.3 Å². The summed E-state index contributed by atoms with van der Waals surface area (Å²) in [5.74, 6) is 1.87. The van der Waals surface area contributed by atoms with Crippen LogP contribution in [0.25, 0.3) is 0 Å². The van der Waals surface area contributed by atoms with E-state index in [0.717, 1.165) is 18.8 Å². The molecule has 3 fully saturated rings. The zero-order chi connectivity index (χ0) is 13.0. The number of hydrogen-bond acceptors (Lipinski definition) is 2. The van der Waals surface area contributed by atoms with Gasteiger partial charge in [0.05, 0.1) is 11.1 Å². The second kappa shape index (κ2) is 4.40. The van der Waals surface area contributed by atoms with Gasteiger partial charge in [-0.05, 0) is 24.7 Å². The van der Waals surface area contributed by atoms with Gasteiger partial charge in [-0.3, -0.25) is 0 Å². The van der Waals surface area contributed by atoms with E-state index in [4.69, 9.17) is 0 Å². The first kappa shape index (κ1) is 13.8. The van der Waals surface area contributed by atoms with Crippen LogP contribution >= 0.6 is 22.9 Å². The maximum absolute atomic E-state index is 12.9. The van der Waals surface area contributed by atoms with Gasteiger partial charge in [-0.15, -0.1) is 0 Å². The van der Waals surface area contributed by atoms with E-state index in [-0.39, 0.29) is 5.25 Å². The van der Waals surface area contributed by atoms with Crippen LogP contribution in [0.4, 0.5) is 0 Å². The lowest BCUT2D eigenvalue weighted by atomic mass is 9.74. The highest BCUT2D eigenvalue weighted by Gasteiger charge is 2.54. The van der Waals surface area contributed by atoms with Crippen molar-refractivity contribution >= 4 is 32.2 Å².